The predicted octanol–water partition coefficient (Wildman–Crippen LogP) is 4.07. The quantitative estimate of drug-likeness (QED) is 0.860. The number of likely N-dealkylation sites (N-methyl/N-ethyl adjacent to an activating group) is 1. The molecule has 3 nitrogen and oxygen atoms in total. The second-order valence-corrected chi connectivity index (χ2v) is 7.44. The molecule has 0 saturated carbocycles. The van der Waals surface area contributed by atoms with Crippen LogP contribution in [0.15, 0.2) is 47.9 Å². The summed E-state index contributed by atoms with van der Waals surface area (Å²) in [5, 5.41) is 5.72. The summed E-state index contributed by atoms with van der Waals surface area (Å²) < 4.78 is 12.4. The van der Waals surface area contributed by atoms with Crippen LogP contribution in [0.4, 0.5) is 0 Å². The first-order chi connectivity index (χ1) is 11.3. The number of hydrogen-bond acceptors (Lipinski definition) is 3. The fraction of sp³-hybridized carbons (Fsp3) is 0.400. The predicted molar refractivity (Wildman–Crippen MR) is 102 cm³/mol. The lowest BCUT2D eigenvalue weighted by molar-refractivity contribution is 0.00578. The van der Waals surface area contributed by atoms with E-state index in [1.54, 1.807) is 0 Å². The number of hydrogen-bond donors (Lipinski definition) is 1. The Balaban J connectivity index is 1.93. The fourth-order valence-corrected chi connectivity index (χ4v) is 2.91. The minimum atomic E-state index is -0.326. The number of rotatable bonds is 4. The largest absolute Gasteiger partial charge is 0.491 e. The van der Waals surface area contributed by atoms with E-state index in [0.717, 1.165) is 17.6 Å². The van der Waals surface area contributed by atoms with Crippen LogP contribution in [0, 0.1) is 0 Å². The van der Waals surface area contributed by atoms with Crippen LogP contribution in [0.2, 0.25) is 0 Å². The molecule has 24 heavy (non-hydrogen) atoms. The first-order valence-electron chi connectivity index (χ1n) is 8.52. The zero-order valence-electron chi connectivity index (χ0n) is 15.2. The van der Waals surface area contributed by atoms with Crippen LogP contribution >= 0.6 is 0 Å². The SMILES string of the molecule is CNCC(=Cc1ccc2ccccc2c1)B1OC(C)(C)C(C)(C)O1. The summed E-state index contributed by atoms with van der Waals surface area (Å²) in [7, 11) is 1.62. The molecule has 126 valence electrons. The fourth-order valence-electron chi connectivity index (χ4n) is 2.91. The maximum atomic E-state index is 6.21. The standard InChI is InChI=1S/C20H26BNO2/c1-19(2)20(3,4)24-21(23-19)18(14-22-5)13-15-10-11-16-8-6-7-9-17(16)12-15/h6-13,22H,14H2,1-5H3. The molecule has 0 unspecified atom stereocenters. The Labute approximate surface area is 145 Å². The van der Waals surface area contributed by atoms with Crippen LogP contribution < -0.4 is 5.32 Å². The van der Waals surface area contributed by atoms with Crippen molar-refractivity contribution in [3.63, 3.8) is 0 Å². The highest BCUT2D eigenvalue weighted by atomic mass is 16.7. The van der Waals surface area contributed by atoms with Gasteiger partial charge in [-0.05, 0) is 62.6 Å². The van der Waals surface area contributed by atoms with Crippen molar-refractivity contribution in [2.45, 2.75) is 38.9 Å². The summed E-state index contributed by atoms with van der Waals surface area (Å²) in [6.07, 6.45) is 2.17. The van der Waals surface area contributed by atoms with E-state index >= 15 is 0 Å². The molecular formula is C20H26BNO2. The van der Waals surface area contributed by atoms with Crippen molar-refractivity contribution in [2.75, 3.05) is 13.6 Å². The highest BCUT2D eigenvalue weighted by Gasteiger charge is 2.52. The van der Waals surface area contributed by atoms with E-state index < -0.39 is 0 Å². The van der Waals surface area contributed by atoms with Crippen LogP contribution in [-0.2, 0) is 9.31 Å². The first kappa shape index (κ1) is 17.2. The van der Waals surface area contributed by atoms with Gasteiger partial charge in [0.1, 0.15) is 0 Å². The van der Waals surface area contributed by atoms with E-state index in [-0.39, 0.29) is 18.3 Å². The molecule has 1 heterocycles. The van der Waals surface area contributed by atoms with E-state index in [9.17, 15) is 0 Å². The molecule has 0 radical (unpaired) electrons. The van der Waals surface area contributed by atoms with Crippen molar-refractivity contribution >= 4 is 24.0 Å². The Morgan fingerprint density at radius 3 is 2.25 bits per heavy atom. The van der Waals surface area contributed by atoms with Gasteiger partial charge in [-0.25, -0.2) is 0 Å². The van der Waals surface area contributed by atoms with Crippen LogP contribution in [0.5, 0.6) is 0 Å². The molecule has 1 aliphatic rings. The maximum Gasteiger partial charge on any atom is 0.491 e. The van der Waals surface area contributed by atoms with Gasteiger partial charge in [-0.2, -0.15) is 0 Å². The zero-order chi connectivity index (χ0) is 17.4. The topological polar surface area (TPSA) is 30.5 Å². The van der Waals surface area contributed by atoms with Crippen molar-refractivity contribution in [3.05, 3.63) is 53.5 Å². The van der Waals surface area contributed by atoms with Gasteiger partial charge in [-0.1, -0.05) is 42.5 Å². The van der Waals surface area contributed by atoms with E-state index in [1.807, 2.05) is 7.05 Å². The molecule has 0 amide bonds. The molecule has 0 aromatic heterocycles. The van der Waals surface area contributed by atoms with Gasteiger partial charge in [-0.15, -0.1) is 0 Å². The number of nitrogens with one attached hydrogen (secondary N) is 1. The molecule has 0 aliphatic carbocycles. The van der Waals surface area contributed by atoms with Gasteiger partial charge in [0.15, 0.2) is 0 Å². The van der Waals surface area contributed by atoms with Crippen molar-refractivity contribution in [1.29, 1.82) is 0 Å². The Morgan fingerprint density at radius 2 is 1.62 bits per heavy atom. The van der Waals surface area contributed by atoms with Crippen molar-refractivity contribution in [2.24, 2.45) is 0 Å². The zero-order valence-corrected chi connectivity index (χ0v) is 15.2. The molecule has 3 rings (SSSR count). The first-order valence-corrected chi connectivity index (χ1v) is 8.52. The van der Waals surface area contributed by atoms with Gasteiger partial charge in [0.2, 0.25) is 0 Å². The molecule has 4 heteroatoms. The molecular weight excluding hydrogens is 297 g/mol. The lowest BCUT2D eigenvalue weighted by Crippen LogP contribution is -2.41. The lowest BCUT2D eigenvalue weighted by Gasteiger charge is -2.32. The van der Waals surface area contributed by atoms with Crippen molar-refractivity contribution < 1.29 is 9.31 Å². The Morgan fingerprint density at radius 1 is 1.00 bits per heavy atom. The van der Waals surface area contributed by atoms with Crippen LogP contribution in [0.25, 0.3) is 16.8 Å². The molecule has 1 aliphatic heterocycles. The summed E-state index contributed by atoms with van der Waals surface area (Å²) in [5.74, 6) is 0. The minimum Gasteiger partial charge on any atom is -0.400 e. The normalized spacial score (nSPS) is 19.9. The van der Waals surface area contributed by atoms with Crippen molar-refractivity contribution in [1.82, 2.24) is 5.32 Å². The molecule has 0 atom stereocenters. The molecule has 0 spiro atoms. The summed E-state index contributed by atoms with van der Waals surface area (Å²) in [6, 6.07) is 14.9. The third-order valence-corrected chi connectivity index (χ3v) is 5.06. The van der Waals surface area contributed by atoms with E-state index in [4.69, 9.17) is 9.31 Å². The second kappa shape index (κ2) is 6.36. The van der Waals surface area contributed by atoms with E-state index in [1.165, 1.54) is 10.8 Å². The summed E-state index contributed by atoms with van der Waals surface area (Å²) in [6.45, 7) is 9.06. The average molecular weight is 323 g/mol. The summed E-state index contributed by atoms with van der Waals surface area (Å²) in [5.41, 5.74) is 1.61. The molecule has 1 N–H and O–H groups in total. The van der Waals surface area contributed by atoms with Gasteiger partial charge in [0.25, 0.3) is 0 Å². The molecule has 0 bridgehead atoms. The van der Waals surface area contributed by atoms with E-state index in [0.29, 0.717) is 0 Å². The Hall–Kier alpha value is -1.62. The minimum absolute atomic E-state index is 0.325. The van der Waals surface area contributed by atoms with Gasteiger partial charge in [-0.3, -0.25) is 0 Å². The molecule has 2 aromatic carbocycles. The Kier molecular flexibility index (Phi) is 4.56. The Bertz CT molecular complexity index is 751. The van der Waals surface area contributed by atoms with Crippen molar-refractivity contribution in [3.8, 4) is 0 Å². The lowest BCUT2D eigenvalue weighted by atomic mass is 9.77. The smallest absolute Gasteiger partial charge is 0.400 e. The van der Waals surface area contributed by atoms with Crippen LogP contribution in [0.1, 0.15) is 33.3 Å². The van der Waals surface area contributed by atoms with Crippen LogP contribution in [-0.4, -0.2) is 31.9 Å². The highest BCUT2D eigenvalue weighted by Crippen LogP contribution is 2.38. The highest BCUT2D eigenvalue weighted by molar-refractivity contribution is 6.55. The number of fused-ring (bicyclic) bond motifs is 1. The summed E-state index contributed by atoms with van der Waals surface area (Å²) >= 11 is 0. The molecule has 1 fully saturated rings. The van der Waals surface area contributed by atoms with Crippen LogP contribution in [0.3, 0.4) is 0 Å². The van der Waals surface area contributed by atoms with E-state index in [2.05, 4.69) is 81.6 Å². The third-order valence-electron chi connectivity index (χ3n) is 5.06. The average Bonchev–Trinajstić information content (AvgIpc) is 2.75. The van der Waals surface area contributed by atoms with Gasteiger partial charge >= 0.3 is 7.12 Å². The molecule has 2 aromatic rings. The van der Waals surface area contributed by atoms with Gasteiger partial charge < -0.3 is 14.6 Å². The van der Waals surface area contributed by atoms with Gasteiger partial charge in [0.05, 0.1) is 11.2 Å². The third kappa shape index (κ3) is 3.27. The number of benzene rings is 2. The molecule has 1 saturated heterocycles. The maximum absolute atomic E-state index is 6.21. The van der Waals surface area contributed by atoms with Gasteiger partial charge in [0, 0.05) is 6.54 Å². The summed E-state index contributed by atoms with van der Waals surface area (Å²) in [4.78, 5) is 0. The monoisotopic (exact) mass is 323 g/mol. The second-order valence-electron chi connectivity index (χ2n) is 7.44.